The molecule has 340 valence electrons. The van der Waals surface area contributed by atoms with Crippen molar-refractivity contribution < 1.29 is 47.4 Å². The van der Waals surface area contributed by atoms with Gasteiger partial charge >= 0.3 is 0 Å². The third-order valence-electron chi connectivity index (χ3n) is 11.7. The first kappa shape index (κ1) is 46.4. The van der Waals surface area contributed by atoms with Gasteiger partial charge in [0.1, 0.15) is 42.7 Å². The Morgan fingerprint density at radius 1 is 0.323 bits per heavy atom. The highest BCUT2D eigenvalue weighted by Crippen LogP contribution is 2.34. The highest BCUT2D eigenvalue weighted by Gasteiger charge is 2.51. The van der Waals surface area contributed by atoms with E-state index in [9.17, 15) is 0 Å². The summed E-state index contributed by atoms with van der Waals surface area (Å²) in [7, 11) is 1.62. The summed E-state index contributed by atoms with van der Waals surface area (Å²) >= 11 is 0. The molecule has 0 aromatic heterocycles. The van der Waals surface area contributed by atoms with E-state index in [1.165, 1.54) is 0 Å². The van der Waals surface area contributed by atoms with Crippen LogP contribution in [0.4, 0.5) is 0 Å². The predicted octanol–water partition coefficient (Wildman–Crippen LogP) is 9.63. The van der Waals surface area contributed by atoms with Crippen molar-refractivity contribution in [3.05, 3.63) is 215 Å². The molecule has 0 N–H and O–H groups in total. The van der Waals surface area contributed by atoms with Crippen LogP contribution in [0.1, 0.15) is 40.3 Å². The highest BCUT2D eigenvalue weighted by atomic mass is 16.7. The molecule has 0 unspecified atom stereocenters. The summed E-state index contributed by atoms with van der Waals surface area (Å²) in [6, 6.07) is 60.4. The molecule has 10 atom stereocenters. The van der Waals surface area contributed by atoms with Gasteiger partial charge in [-0.3, -0.25) is 0 Å². The molecule has 2 aliphatic heterocycles. The zero-order valence-corrected chi connectivity index (χ0v) is 37.1. The van der Waals surface area contributed by atoms with Crippen LogP contribution in [0.3, 0.4) is 0 Å². The van der Waals surface area contributed by atoms with E-state index >= 15 is 0 Å². The Labute approximate surface area is 383 Å². The zero-order chi connectivity index (χ0) is 44.5. The van der Waals surface area contributed by atoms with Crippen molar-refractivity contribution in [2.45, 2.75) is 108 Å². The molecule has 6 aromatic carbocycles. The Kier molecular flexibility index (Phi) is 17.5. The van der Waals surface area contributed by atoms with Gasteiger partial charge < -0.3 is 47.4 Å². The van der Waals surface area contributed by atoms with Crippen molar-refractivity contribution in [2.75, 3.05) is 13.7 Å². The van der Waals surface area contributed by atoms with Gasteiger partial charge in [-0.2, -0.15) is 0 Å². The molecule has 2 heterocycles. The third kappa shape index (κ3) is 13.3. The fourth-order valence-electron chi connectivity index (χ4n) is 8.26. The molecule has 65 heavy (non-hydrogen) atoms. The average molecular weight is 881 g/mol. The molecule has 0 bridgehead atoms. The van der Waals surface area contributed by atoms with Gasteiger partial charge in [-0.25, -0.2) is 0 Å². The van der Waals surface area contributed by atoms with Crippen LogP contribution < -0.4 is 0 Å². The van der Waals surface area contributed by atoms with Crippen molar-refractivity contribution >= 4 is 0 Å². The van der Waals surface area contributed by atoms with Gasteiger partial charge in [-0.1, -0.05) is 182 Å². The van der Waals surface area contributed by atoms with E-state index < -0.39 is 61.4 Å². The van der Waals surface area contributed by atoms with Crippen molar-refractivity contribution in [1.29, 1.82) is 0 Å². The molecule has 0 radical (unpaired) electrons. The number of benzene rings is 6. The lowest BCUT2D eigenvalue weighted by Gasteiger charge is -2.47. The van der Waals surface area contributed by atoms with Crippen molar-refractivity contribution in [2.24, 2.45) is 0 Å². The Bertz CT molecular complexity index is 2200. The molecule has 10 nitrogen and oxygen atoms in total. The first-order chi connectivity index (χ1) is 32.1. The molecule has 0 spiro atoms. The van der Waals surface area contributed by atoms with Crippen LogP contribution in [-0.2, 0) is 87.0 Å². The van der Waals surface area contributed by atoms with Crippen LogP contribution in [0, 0.1) is 0 Å². The van der Waals surface area contributed by atoms with E-state index in [4.69, 9.17) is 47.4 Å². The van der Waals surface area contributed by atoms with Gasteiger partial charge in [0.15, 0.2) is 12.6 Å². The SMILES string of the molecule is CO[C@H]1O[C@H](CO[C@H]2O[C@@H](C)[C@@H](OCc3ccccc3)[C@@H](OCc3ccccc3)[C@@H]2OCc2ccccc2)[C@@H](OCc2ccccc2)[C@H](OCc2ccccc2)[C@H]1OCc1ccccc1. The molecule has 2 aliphatic rings. The van der Waals surface area contributed by atoms with Crippen LogP contribution in [0.15, 0.2) is 182 Å². The summed E-state index contributed by atoms with van der Waals surface area (Å²) < 4.78 is 67.4. The van der Waals surface area contributed by atoms with E-state index in [0.29, 0.717) is 39.6 Å². The van der Waals surface area contributed by atoms with Crippen LogP contribution in [-0.4, -0.2) is 75.1 Å². The first-order valence-electron chi connectivity index (χ1n) is 22.5. The second kappa shape index (κ2) is 24.4. The minimum absolute atomic E-state index is 0.0411. The predicted molar refractivity (Wildman–Crippen MR) is 246 cm³/mol. The van der Waals surface area contributed by atoms with Gasteiger partial charge in [0.2, 0.25) is 0 Å². The van der Waals surface area contributed by atoms with E-state index in [1.54, 1.807) is 7.11 Å². The Hall–Kier alpha value is -5.08. The molecule has 8 rings (SSSR count). The molecule has 10 heteroatoms. The molecular formula is C55H60O10. The quantitative estimate of drug-likeness (QED) is 0.0657. The number of rotatable bonds is 22. The standard InChI is InChI=1S/C55H60O10/c1-40-48(57-33-41-21-9-3-10-22-41)50(59-35-43-25-13-5-14-26-43)53(62-38-46-31-19-8-20-32-46)55(64-40)63-39-47-49(58-34-42-23-11-4-12-24-42)51(60-36-44-27-15-6-16-28-44)52(54(56-2)65-47)61-37-45-29-17-7-18-30-45/h3-32,40,47-55H,33-39H2,1-2H3/t40-,47+,48+,49+,50+,51-,52+,53-,54-,55-/m0/s1. The van der Waals surface area contributed by atoms with Crippen LogP contribution in [0.2, 0.25) is 0 Å². The second-order valence-corrected chi connectivity index (χ2v) is 16.4. The van der Waals surface area contributed by atoms with E-state index in [0.717, 1.165) is 33.4 Å². The summed E-state index contributed by atoms with van der Waals surface area (Å²) in [5.41, 5.74) is 6.09. The maximum atomic E-state index is 6.90. The lowest BCUT2D eigenvalue weighted by molar-refractivity contribution is -0.347. The monoisotopic (exact) mass is 880 g/mol. The largest absolute Gasteiger partial charge is 0.368 e. The minimum Gasteiger partial charge on any atom is -0.368 e. The number of ether oxygens (including phenoxy) is 10. The topological polar surface area (TPSA) is 92.3 Å². The fraction of sp³-hybridized carbons (Fsp3) is 0.345. The maximum Gasteiger partial charge on any atom is 0.186 e. The summed E-state index contributed by atoms with van der Waals surface area (Å²) in [6.07, 6.45) is -6.59. The highest BCUT2D eigenvalue weighted by molar-refractivity contribution is 5.18. The molecule has 0 aliphatic carbocycles. The molecule has 2 saturated heterocycles. The van der Waals surface area contributed by atoms with Crippen LogP contribution in [0.5, 0.6) is 0 Å². The fourth-order valence-corrected chi connectivity index (χ4v) is 8.26. The van der Waals surface area contributed by atoms with E-state index in [2.05, 4.69) is 0 Å². The van der Waals surface area contributed by atoms with Gasteiger partial charge in [-0.15, -0.1) is 0 Å². The summed E-state index contributed by atoms with van der Waals surface area (Å²) in [5, 5.41) is 0. The first-order valence-corrected chi connectivity index (χ1v) is 22.5. The summed E-state index contributed by atoms with van der Waals surface area (Å²) in [6.45, 7) is 3.97. The van der Waals surface area contributed by atoms with Crippen LogP contribution >= 0.6 is 0 Å². The summed E-state index contributed by atoms with van der Waals surface area (Å²) in [4.78, 5) is 0. The number of hydrogen-bond acceptors (Lipinski definition) is 10. The van der Waals surface area contributed by atoms with Crippen molar-refractivity contribution in [3.8, 4) is 0 Å². The Morgan fingerprint density at radius 3 is 0.969 bits per heavy atom. The second-order valence-electron chi connectivity index (χ2n) is 16.4. The molecular weight excluding hydrogens is 821 g/mol. The van der Waals surface area contributed by atoms with Gasteiger partial charge in [0.05, 0.1) is 52.4 Å². The van der Waals surface area contributed by atoms with E-state index in [-0.39, 0.29) is 6.61 Å². The molecule has 6 aromatic rings. The normalized spacial score (nSPS) is 25.6. The average Bonchev–Trinajstić information content (AvgIpc) is 3.36. The van der Waals surface area contributed by atoms with Crippen molar-refractivity contribution in [1.82, 2.24) is 0 Å². The summed E-state index contributed by atoms with van der Waals surface area (Å²) in [5.74, 6) is 0. The Balaban J connectivity index is 1.09. The van der Waals surface area contributed by atoms with Crippen LogP contribution in [0.25, 0.3) is 0 Å². The zero-order valence-electron chi connectivity index (χ0n) is 37.1. The number of methoxy groups -OCH3 is 1. The Morgan fingerprint density at radius 2 is 0.615 bits per heavy atom. The van der Waals surface area contributed by atoms with Crippen molar-refractivity contribution in [3.63, 3.8) is 0 Å². The molecule has 2 fully saturated rings. The third-order valence-corrected chi connectivity index (χ3v) is 11.7. The lowest BCUT2D eigenvalue weighted by Crippen LogP contribution is -2.63. The maximum absolute atomic E-state index is 6.90. The van der Waals surface area contributed by atoms with Gasteiger partial charge in [0.25, 0.3) is 0 Å². The lowest BCUT2D eigenvalue weighted by atomic mass is 9.97. The molecule has 0 saturated carbocycles. The minimum atomic E-state index is -0.888. The van der Waals surface area contributed by atoms with Gasteiger partial charge in [-0.05, 0) is 40.3 Å². The number of hydrogen-bond donors (Lipinski definition) is 0. The van der Waals surface area contributed by atoms with E-state index in [1.807, 2.05) is 189 Å². The smallest absolute Gasteiger partial charge is 0.186 e. The van der Waals surface area contributed by atoms with Gasteiger partial charge in [0, 0.05) is 7.11 Å². The molecule has 0 amide bonds.